The van der Waals surface area contributed by atoms with Gasteiger partial charge in [0.1, 0.15) is 5.01 Å². The first-order chi connectivity index (χ1) is 10.2. The lowest BCUT2D eigenvalue weighted by molar-refractivity contribution is 0.682. The summed E-state index contributed by atoms with van der Waals surface area (Å²) in [6.07, 6.45) is 6.27. The third kappa shape index (κ3) is 2.00. The predicted molar refractivity (Wildman–Crippen MR) is 84.7 cm³/mol. The molecular weight excluding hydrogens is 282 g/mol. The van der Waals surface area contributed by atoms with Crippen LogP contribution in [0, 0.1) is 0 Å². The summed E-state index contributed by atoms with van der Waals surface area (Å²) in [6, 6.07) is 5.77. The Morgan fingerprint density at radius 2 is 2.10 bits per heavy atom. The molecule has 2 heterocycles. The molecule has 0 bridgehead atoms. The molecule has 0 amide bonds. The van der Waals surface area contributed by atoms with Crippen molar-refractivity contribution in [3.05, 3.63) is 45.5 Å². The summed E-state index contributed by atoms with van der Waals surface area (Å²) >= 11 is 1.75. The zero-order valence-electron chi connectivity index (χ0n) is 11.8. The number of hydrogen-bond acceptors (Lipinski definition) is 4. The van der Waals surface area contributed by atoms with Crippen LogP contribution in [0.3, 0.4) is 0 Å². The van der Waals surface area contributed by atoms with Crippen molar-refractivity contribution < 1.29 is 0 Å². The van der Waals surface area contributed by atoms with Gasteiger partial charge in [-0.2, -0.15) is 0 Å². The van der Waals surface area contributed by atoms with Gasteiger partial charge in [0.05, 0.1) is 22.9 Å². The van der Waals surface area contributed by atoms with E-state index in [-0.39, 0.29) is 5.56 Å². The van der Waals surface area contributed by atoms with Gasteiger partial charge in [-0.25, -0.2) is 9.97 Å². The maximum absolute atomic E-state index is 12.2. The molecule has 0 radical (unpaired) electrons. The van der Waals surface area contributed by atoms with Gasteiger partial charge in [0.2, 0.25) is 0 Å². The number of benzene rings is 1. The van der Waals surface area contributed by atoms with Crippen LogP contribution in [0.5, 0.6) is 0 Å². The zero-order valence-corrected chi connectivity index (χ0v) is 12.6. The first-order valence-electron chi connectivity index (χ1n) is 7.17. The smallest absolute Gasteiger partial charge is 0.260 e. The van der Waals surface area contributed by atoms with Crippen molar-refractivity contribution in [2.45, 2.75) is 25.7 Å². The number of rotatable bonds is 1. The van der Waals surface area contributed by atoms with Crippen LogP contribution >= 0.6 is 11.3 Å². The third-order valence-electron chi connectivity index (χ3n) is 4.02. The van der Waals surface area contributed by atoms with Gasteiger partial charge in [0.15, 0.2) is 0 Å². The molecule has 0 aliphatic heterocycles. The van der Waals surface area contributed by atoms with Crippen molar-refractivity contribution in [3.63, 3.8) is 0 Å². The van der Waals surface area contributed by atoms with Crippen LogP contribution < -0.4 is 5.56 Å². The van der Waals surface area contributed by atoms with E-state index in [0.717, 1.165) is 28.9 Å². The molecule has 5 heteroatoms. The molecule has 0 N–H and O–H groups in total. The topological polar surface area (TPSA) is 47.8 Å². The van der Waals surface area contributed by atoms with Gasteiger partial charge in [-0.1, -0.05) is 6.07 Å². The number of thiazole rings is 1. The molecule has 3 aromatic rings. The normalized spacial score (nSPS) is 14.3. The van der Waals surface area contributed by atoms with E-state index in [2.05, 4.69) is 4.98 Å². The third-order valence-corrected chi connectivity index (χ3v) is 5.21. The number of aryl methyl sites for hydroxylation is 3. The van der Waals surface area contributed by atoms with E-state index in [0.29, 0.717) is 5.39 Å². The van der Waals surface area contributed by atoms with E-state index in [1.807, 2.05) is 18.2 Å². The molecule has 1 aliphatic carbocycles. The molecule has 21 heavy (non-hydrogen) atoms. The highest BCUT2D eigenvalue weighted by atomic mass is 32.1. The molecule has 0 fully saturated rings. The highest BCUT2D eigenvalue weighted by Crippen LogP contribution is 2.34. The van der Waals surface area contributed by atoms with E-state index in [1.54, 1.807) is 24.7 Å². The monoisotopic (exact) mass is 297 g/mol. The fraction of sp³-hybridized carbons (Fsp3) is 0.312. The van der Waals surface area contributed by atoms with Crippen LogP contribution in [0.2, 0.25) is 0 Å². The molecule has 0 atom stereocenters. The number of fused-ring (bicyclic) bond motifs is 2. The molecular formula is C16H15N3OS. The lowest BCUT2D eigenvalue weighted by Crippen LogP contribution is -2.17. The Balaban J connectivity index is 1.96. The second-order valence-electron chi connectivity index (χ2n) is 5.46. The van der Waals surface area contributed by atoms with Gasteiger partial charge in [-0.3, -0.25) is 4.79 Å². The maximum atomic E-state index is 12.2. The number of nitrogens with zero attached hydrogens (tertiary/aromatic N) is 3. The fourth-order valence-corrected chi connectivity index (χ4v) is 4.06. The van der Waals surface area contributed by atoms with E-state index in [4.69, 9.17) is 4.98 Å². The molecule has 0 saturated heterocycles. The van der Waals surface area contributed by atoms with Gasteiger partial charge >= 0.3 is 0 Å². The molecule has 106 valence electrons. The highest BCUT2D eigenvalue weighted by Gasteiger charge is 2.18. The van der Waals surface area contributed by atoms with E-state index in [1.165, 1.54) is 28.0 Å². The van der Waals surface area contributed by atoms with Crippen LogP contribution in [0.4, 0.5) is 0 Å². The van der Waals surface area contributed by atoms with E-state index < -0.39 is 0 Å². The average molecular weight is 297 g/mol. The summed E-state index contributed by atoms with van der Waals surface area (Å²) in [5, 5.41) is 1.65. The number of hydrogen-bond donors (Lipinski definition) is 0. The molecule has 2 aromatic heterocycles. The average Bonchev–Trinajstić information content (AvgIpc) is 2.94. The largest absolute Gasteiger partial charge is 0.302 e. The van der Waals surface area contributed by atoms with Crippen molar-refractivity contribution in [2.75, 3.05) is 0 Å². The van der Waals surface area contributed by atoms with Crippen LogP contribution in [-0.4, -0.2) is 14.5 Å². The highest BCUT2D eigenvalue weighted by molar-refractivity contribution is 7.15. The SMILES string of the molecule is Cn1cnc2c(-c3nc4c(s3)CCCC4)cccc2c1=O. The first kappa shape index (κ1) is 12.7. The summed E-state index contributed by atoms with van der Waals surface area (Å²) in [7, 11) is 1.73. The molecule has 0 saturated carbocycles. The second-order valence-corrected chi connectivity index (χ2v) is 6.54. The lowest BCUT2D eigenvalue weighted by Gasteiger charge is -2.06. The summed E-state index contributed by atoms with van der Waals surface area (Å²) in [6.45, 7) is 0. The maximum Gasteiger partial charge on any atom is 0.260 e. The van der Waals surface area contributed by atoms with Crippen molar-refractivity contribution in [1.82, 2.24) is 14.5 Å². The van der Waals surface area contributed by atoms with E-state index in [9.17, 15) is 4.79 Å². The Morgan fingerprint density at radius 1 is 1.24 bits per heavy atom. The molecule has 0 spiro atoms. The quantitative estimate of drug-likeness (QED) is 0.694. The van der Waals surface area contributed by atoms with Gasteiger partial charge in [-0.15, -0.1) is 11.3 Å². The van der Waals surface area contributed by atoms with Gasteiger partial charge in [0.25, 0.3) is 5.56 Å². The van der Waals surface area contributed by atoms with Crippen LogP contribution in [0.25, 0.3) is 21.5 Å². The first-order valence-corrected chi connectivity index (χ1v) is 7.99. The van der Waals surface area contributed by atoms with Gasteiger partial charge < -0.3 is 4.57 Å². The Bertz CT molecular complexity index is 871. The minimum absolute atomic E-state index is 0.0110. The van der Waals surface area contributed by atoms with Crippen molar-refractivity contribution in [2.24, 2.45) is 7.05 Å². The molecule has 0 unspecified atom stereocenters. The van der Waals surface area contributed by atoms with Crippen molar-refractivity contribution in [3.8, 4) is 10.6 Å². The summed E-state index contributed by atoms with van der Waals surface area (Å²) < 4.78 is 1.51. The predicted octanol–water partition coefficient (Wildman–Crippen LogP) is 2.94. The Kier molecular flexibility index (Phi) is 2.89. The summed E-state index contributed by atoms with van der Waals surface area (Å²) in [5.41, 5.74) is 2.96. The lowest BCUT2D eigenvalue weighted by atomic mass is 10.0. The number of aromatic nitrogens is 3. The van der Waals surface area contributed by atoms with Crippen molar-refractivity contribution >= 4 is 22.2 Å². The summed E-state index contributed by atoms with van der Waals surface area (Å²) in [4.78, 5) is 22.9. The fourth-order valence-electron chi connectivity index (χ4n) is 2.88. The van der Waals surface area contributed by atoms with Crippen molar-refractivity contribution in [1.29, 1.82) is 0 Å². The van der Waals surface area contributed by atoms with Crippen LogP contribution in [0.15, 0.2) is 29.3 Å². The van der Waals surface area contributed by atoms with Crippen LogP contribution in [-0.2, 0) is 19.9 Å². The standard InChI is InChI=1S/C16H15N3OS/c1-19-9-17-14-10(5-4-6-11(14)16(19)20)15-18-12-7-2-3-8-13(12)21-15/h4-6,9H,2-3,7-8H2,1H3. The van der Waals surface area contributed by atoms with Crippen LogP contribution in [0.1, 0.15) is 23.4 Å². The minimum atomic E-state index is -0.0110. The van der Waals surface area contributed by atoms with Gasteiger partial charge in [-0.05, 0) is 37.8 Å². The minimum Gasteiger partial charge on any atom is -0.302 e. The van der Waals surface area contributed by atoms with Gasteiger partial charge in [0, 0.05) is 17.5 Å². The Hall–Kier alpha value is -2.01. The molecule has 1 aliphatic rings. The Labute approximate surface area is 126 Å². The zero-order chi connectivity index (χ0) is 14.4. The molecule has 4 nitrogen and oxygen atoms in total. The second kappa shape index (κ2) is 4.77. The number of para-hydroxylation sites is 1. The molecule has 4 rings (SSSR count). The van der Waals surface area contributed by atoms with E-state index >= 15 is 0 Å². The summed E-state index contributed by atoms with van der Waals surface area (Å²) in [5.74, 6) is 0. The Morgan fingerprint density at radius 3 is 2.95 bits per heavy atom. The molecule has 1 aromatic carbocycles.